The molecule has 6 nitrogen and oxygen atoms in total. The van der Waals surface area contributed by atoms with E-state index in [1.165, 1.54) is 41.4 Å². The summed E-state index contributed by atoms with van der Waals surface area (Å²) in [7, 11) is 0. The van der Waals surface area contributed by atoms with Crippen molar-refractivity contribution in [1.29, 1.82) is 5.26 Å². The lowest BCUT2D eigenvalue weighted by atomic mass is 9.95. The van der Waals surface area contributed by atoms with E-state index in [-0.39, 0.29) is 11.1 Å². The van der Waals surface area contributed by atoms with Crippen LogP contribution in [0.4, 0.5) is 10.1 Å². The summed E-state index contributed by atoms with van der Waals surface area (Å²) in [5.74, 6) is -2.53. The zero-order valence-electron chi connectivity index (χ0n) is 16.4. The number of nitrogens with zero attached hydrogens (tertiary/aromatic N) is 3. The first-order valence-electron chi connectivity index (χ1n) is 9.40. The number of carbonyl (C=O) groups excluding carboxylic acids is 2. The average Bonchev–Trinajstić information content (AvgIpc) is 3.06. The highest BCUT2D eigenvalue weighted by atomic mass is 19.1. The van der Waals surface area contributed by atoms with E-state index in [0.717, 1.165) is 0 Å². The molecule has 0 aliphatic carbocycles. The number of aliphatic hydroxyl groups excluding tert-OH is 1. The molecule has 31 heavy (non-hydrogen) atoms. The number of halogens is 1. The number of aromatic nitrogens is 1. The van der Waals surface area contributed by atoms with Gasteiger partial charge in [0.25, 0.3) is 11.7 Å². The summed E-state index contributed by atoms with van der Waals surface area (Å²) in [6, 6.07) is 14.6. The van der Waals surface area contributed by atoms with E-state index in [1.54, 1.807) is 37.4 Å². The van der Waals surface area contributed by atoms with Gasteiger partial charge in [-0.25, -0.2) is 4.39 Å². The van der Waals surface area contributed by atoms with Crippen LogP contribution in [0.2, 0.25) is 0 Å². The first-order valence-corrected chi connectivity index (χ1v) is 9.40. The molecule has 1 amide bonds. The van der Waals surface area contributed by atoms with Gasteiger partial charge in [-0.15, -0.1) is 0 Å². The Kier molecular flexibility index (Phi) is 5.05. The van der Waals surface area contributed by atoms with Crippen LogP contribution in [0.25, 0.3) is 5.76 Å². The Labute approximate surface area is 177 Å². The maximum atomic E-state index is 13.7. The molecule has 4 rings (SSSR count). The quantitative estimate of drug-likeness (QED) is 0.398. The van der Waals surface area contributed by atoms with Crippen LogP contribution >= 0.6 is 0 Å². The number of rotatable bonds is 3. The molecular weight excluding hydrogens is 397 g/mol. The van der Waals surface area contributed by atoms with E-state index in [1.807, 2.05) is 6.07 Å². The van der Waals surface area contributed by atoms with Gasteiger partial charge in [0.15, 0.2) is 0 Å². The predicted molar refractivity (Wildman–Crippen MR) is 111 cm³/mol. The Morgan fingerprint density at radius 3 is 2.52 bits per heavy atom. The van der Waals surface area contributed by atoms with Gasteiger partial charge in [-0.3, -0.25) is 19.5 Å². The summed E-state index contributed by atoms with van der Waals surface area (Å²) in [4.78, 5) is 31.4. The van der Waals surface area contributed by atoms with Crippen LogP contribution in [0, 0.1) is 24.1 Å². The Morgan fingerprint density at radius 1 is 1.16 bits per heavy atom. The lowest BCUT2D eigenvalue weighted by molar-refractivity contribution is -0.132. The van der Waals surface area contributed by atoms with Crippen molar-refractivity contribution in [3.05, 3.63) is 101 Å². The van der Waals surface area contributed by atoms with Crippen LogP contribution in [-0.2, 0) is 9.59 Å². The SMILES string of the molecule is Cc1cc(/C(O)=C2/C(=O)C(=O)N(c3ccc(C#N)cc3)C2c2cccnc2)ccc1F. The molecule has 0 bridgehead atoms. The number of carbonyl (C=O) groups is 2. The summed E-state index contributed by atoms with van der Waals surface area (Å²) in [6.45, 7) is 1.54. The Balaban J connectivity index is 1.93. The highest BCUT2D eigenvalue weighted by Gasteiger charge is 2.47. The molecule has 1 N–H and O–H groups in total. The van der Waals surface area contributed by atoms with E-state index < -0.39 is 29.3 Å². The number of anilines is 1. The fraction of sp³-hybridized carbons (Fsp3) is 0.0833. The van der Waals surface area contributed by atoms with Crippen molar-refractivity contribution in [3.8, 4) is 6.07 Å². The number of Topliss-reactive ketones (excluding diaryl/α,β-unsaturated/α-hetero) is 1. The van der Waals surface area contributed by atoms with Gasteiger partial charge in [-0.05, 0) is 66.6 Å². The van der Waals surface area contributed by atoms with Crippen LogP contribution in [0.3, 0.4) is 0 Å². The van der Waals surface area contributed by atoms with Gasteiger partial charge in [0, 0.05) is 23.6 Å². The molecule has 0 spiro atoms. The second-order valence-electron chi connectivity index (χ2n) is 7.08. The topological polar surface area (TPSA) is 94.3 Å². The lowest BCUT2D eigenvalue weighted by Gasteiger charge is -2.25. The van der Waals surface area contributed by atoms with Crippen molar-refractivity contribution in [2.45, 2.75) is 13.0 Å². The van der Waals surface area contributed by atoms with Crippen LogP contribution in [0.5, 0.6) is 0 Å². The maximum Gasteiger partial charge on any atom is 0.300 e. The number of pyridine rings is 1. The van der Waals surface area contributed by atoms with Crippen molar-refractivity contribution in [2.75, 3.05) is 4.90 Å². The minimum Gasteiger partial charge on any atom is -0.507 e. The zero-order chi connectivity index (χ0) is 22.1. The molecule has 1 fully saturated rings. The number of ketones is 1. The largest absolute Gasteiger partial charge is 0.507 e. The fourth-order valence-corrected chi connectivity index (χ4v) is 3.60. The van der Waals surface area contributed by atoms with Gasteiger partial charge >= 0.3 is 0 Å². The standard InChI is InChI=1S/C24H16FN3O3/c1-14-11-16(6-9-19(14)25)22(29)20-21(17-3-2-10-27-13-17)28(24(31)23(20)30)18-7-4-15(12-26)5-8-18/h2-11,13,21,29H,1H3/b22-20-. The van der Waals surface area contributed by atoms with E-state index in [2.05, 4.69) is 4.98 Å². The van der Waals surface area contributed by atoms with Crippen molar-refractivity contribution in [2.24, 2.45) is 0 Å². The Morgan fingerprint density at radius 2 is 1.90 bits per heavy atom. The molecule has 1 atom stereocenters. The van der Waals surface area contributed by atoms with Gasteiger partial charge in [-0.1, -0.05) is 6.07 Å². The smallest absolute Gasteiger partial charge is 0.300 e. The van der Waals surface area contributed by atoms with Crippen molar-refractivity contribution in [3.63, 3.8) is 0 Å². The van der Waals surface area contributed by atoms with Gasteiger partial charge < -0.3 is 5.11 Å². The van der Waals surface area contributed by atoms with Crippen LogP contribution in [0.15, 0.2) is 72.6 Å². The van der Waals surface area contributed by atoms with Crippen LogP contribution in [0.1, 0.15) is 28.3 Å². The molecular formula is C24H16FN3O3. The van der Waals surface area contributed by atoms with Crippen molar-refractivity contribution < 1.29 is 19.1 Å². The highest BCUT2D eigenvalue weighted by Crippen LogP contribution is 2.42. The molecule has 1 aliphatic rings. The monoisotopic (exact) mass is 413 g/mol. The first-order chi connectivity index (χ1) is 14.9. The molecule has 7 heteroatoms. The fourth-order valence-electron chi connectivity index (χ4n) is 3.60. The van der Waals surface area contributed by atoms with Gasteiger partial charge in [0.2, 0.25) is 0 Å². The molecule has 2 aromatic carbocycles. The molecule has 152 valence electrons. The maximum absolute atomic E-state index is 13.7. The Hall–Kier alpha value is -4.31. The average molecular weight is 413 g/mol. The summed E-state index contributed by atoms with van der Waals surface area (Å²) in [5, 5.41) is 20.0. The molecule has 0 radical (unpaired) electrons. The summed E-state index contributed by atoms with van der Waals surface area (Å²) >= 11 is 0. The number of nitriles is 1. The lowest BCUT2D eigenvalue weighted by Crippen LogP contribution is -2.29. The van der Waals surface area contributed by atoms with Crippen LogP contribution in [-0.4, -0.2) is 21.8 Å². The Bertz CT molecular complexity index is 1260. The molecule has 3 aromatic rings. The number of benzene rings is 2. The minimum atomic E-state index is -0.938. The zero-order valence-corrected chi connectivity index (χ0v) is 16.4. The second-order valence-corrected chi connectivity index (χ2v) is 7.08. The number of hydrogen-bond donors (Lipinski definition) is 1. The third kappa shape index (κ3) is 3.45. The molecule has 0 saturated carbocycles. The third-order valence-corrected chi connectivity index (χ3v) is 5.15. The minimum absolute atomic E-state index is 0.117. The van der Waals surface area contributed by atoms with E-state index in [0.29, 0.717) is 22.4 Å². The molecule has 1 aromatic heterocycles. The normalized spacial score (nSPS) is 17.6. The number of aryl methyl sites for hydroxylation is 1. The molecule has 1 aliphatic heterocycles. The number of hydrogen-bond acceptors (Lipinski definition) is 5. The highest BCUT2D eigenvalue weighted by molar-refractivity contribution is 6.51. The van der Waals surface area contributed by atoms with Gasteiger partial charge in [0.05, 0.1) is 23.2 Å². The third-order valence-electron chi connectivity index (χ3n) is 5.15. The van der Waals surface area contributed by atoms with Gasteiger partial charge in [0.1, 0.15) is 11.6 Å². The van der Waals surface area contributed by atoms with E-state index in [9.17, 15) is 19.1 Å². The van der Waals surface area contributed by atoms with Crippen molar-refractivity contribution in [1.82, 2.24) is 4.98 Å². The molecule has 1 saturated heterocycles. The summed E-state index contributed by atoms with van der Waals surface area (Å²) in [6.07, 6.45) is 3.07. The second kappa shape index (κ2) is 7.84. The van der Waals surface area contributed by atoms with Crippen LogP contribution < -0.4 is 4.90 Å². The van der Waals surface area contributed by atoms with Crippen molar-refractivity contribution >= 4 is 23.1 Å². The van der Waals surface area contributed by atoms with Gasteiger partial charge in [-0.2, -0.15) is 5.26 Å². The first kappa shape index (κ1) is 20.0. The predicted octanol–water partition coefficient (Wildman–Crippen LogP) is 4.03. The van der Waals surface area contributed by atoms with E-state index >= 15 is 0 Å². The molecule has 1 unspecified atom stereocenters. The summed E-state index contributed by atoms with van der Waals surface area (Å²) < 4.78 is 13.7. The number of aliphatic hydroxyl groups is 1. The summed E-state index contributed by atoms with van der Waals surface area (Å²) in [5.41, 5.74) is 1.72. The van der Waals surface area contributed by atoms with E-state index in [4.69, 9.17) is 5.26 Å². The molecule has 2 heterocycles. The number of amides is 1.